The largest absolute Gasteiger partial charge is 0.465 e. The van der Waals surface area contributed by atoms with Crippen LogP contribution in [0.5, 0.6) is 0 Å². The third-order valence-corrected chi connectivity index (χ3v) is 3.87. The number of hydrogen-bond acceptors (Lipinski definition) is 5. The van der Waals surface area contributed by atoms with Gasteiger partial charge in [0.05, 0.1) is 47.8 Å². The topological polar surface area (TPSA) is 99.0 Å². The van der Waals surface area contributed by atoms with Gasteiger partial charge in [0.25, 0.3) is 0 Å². The average Bonchev–Trinajstić information content (AvgIpc) is 3.07. The van der Waals surface area contributed by atoms with E-state index >= 15 is 0 Å². The molecular weight excluding hydrogens is 306 g/mol. The minimum atomic E-state index is -0.865. The van der Waals surface area contributed by atoms with Gasteiger partial charge < -0.3 is 14.8 Å². The predicted octanol–water partition coefficient (Wildman–Crippen LogP) is 2.94. The van der Waals surface area contributed by atoms with Gasteiger partial charge in [-0.3, -0.25) is 0 Å². The summed E-state index contributed by atoms with van der Waals surface area (Å²) in [6, 6.07) is 10.7. The zero-order valence-corrected chi connectivity index (χ0v) is 13.2. The van der Waals surface area contributed by atoms with E-state index in [1.807, 2.05) is 24.3 Å². The van der Waals surface area contributed by atoms with Crippen LogP contribution in [0.2, 0.25) is 0 Å². The summed E-state index contributed by atoms with van der Waals surface area (Å²) >= 11 is 0. The molecule has 3 rings (SSSR count). The van der Waals surface area contributed by atoms with E-state index in [1.165, 1.54) is 13.2 Å². The molecule has 0 radical (unpaired) electrons. The number of aromatic amines is 1. The summed E-state index contributed by atoms with van der Waals surface area (Å²) in [7, 11) is 1.28. The first-order valence-electron chi connectivity index (χ1n) is 7.33. The number of ether oxygens (including phenoxy) is 1. The molecular formula is C18H15N3O3. The number of H-pyrrole nitrogens is 1. The summed E-state index contributed by atoms with van der Waals surface area (Å²) in [4.78, 5) is 19.1. The maximum Gasteiger partial charge on any atom is 0.337 e. The van der Waals surface area contributed by atoms with Crippen molar-refractivity contribution in [3.8, 4) is 17.2 Å². The predicted molar refractivity (Wildman–Crippen MR) is 88.2 cm³/mol. The van der Waals surface area contributed by atoms with Crippen LogP contribution in [-0.2, 0) is 4.74 Å². The van der Waals surface area contributed by atoms with E-state index in [-0.39, 0.29) is 11.1 Å². The first-order valence-corrected chi connectivity index (χ1v) is 7.33. The fourth-order valence-electron chi connectivity index (χ4n) is 2.77. The van der Waals surface area contributed by atoms with Gasteiger partial charge in [0, 0.05) is 5.56 Å². The Morgan fingerprint density at radius 1 is 1.38 bits per heavy atom. The van der Waals surface area contributed by atoms with E-state index < -0.39 is 12.1 Å². The molecule has 0 bridgehead atoms. The summed E-state index contributed by atoms with van der Waals surface area (Å²) in [6.45, 7) is 1.59. The van der Waals surface area contributed by atoms with Crippen molar-refractivity contribution in [2.45, 2.75) is 13.0 Å². The third-order valence-electron chi connectivity index (χ3n) is 3.87. The number of nitrogens with one attached hydrogen (secondary N) is 1. The molecule has 120 valence electrons. The molecule has 1 unspecified atom stereocenters. The summed E-state index contributed by atoms with van der Waals surface area (Å²) < 4.78 is 4.76. The second-order valence-corrected chi connectivity index (χ2v) is 5.40. The Morgan fingerprint density at radius 2 is 2.17 bits per heavy atom. The first kappa shape index (κ1) is 15.7. The van der Waals surface area contributed by atoms with E-state index in [0.717, 1.165) is 16.6 Å². The Morgan fingerprint density at radius 3 is 2.83 bits per heavy atom. The van der Waals surface area contributed by atoms with Gasteiger partial charge in [-0.2, -0.15) is 5.26 Å². The van der Waals surface area contributed by atoms with Crippen molar-refractivity contribution in [1.29, 1.82) is 5.26 Å². The van der Waals surface area contributed by atoms with E-state index in [4.69, 9.17) is 4.74 Å². The second-order valence-electron chi connectivity index (χ2n) is 5.40. The lowest BCUT2D eigenvalue weighted by Crippen LogP contribution is -2.06. The standard InChI is InChI=1S/C18H15N3O3/c1-10(22)17-13(8-19)5-12(18(23)24-2)6-14(17)11-3-4-15-16(7-11)21-9-20-15/h3-7,9-10,22H,1-2H3,(H,20,21). The number of nitrogens with zero attached hydrogens (tertiary/aromatic N) is 2. The number of aliphatic hydroxyl groups is 1. The zero-order chi connectivity index (χ0) is 17.3. The van der Waals surface area contributed by atoms with Gasteiger partial charge in [-0.05, 0) is 42.3 Å². The van der Waals surface area contributed by atoms with Crippen LogP contribution in [0.1, 0.15) is 34.5 Å². The van der Waals surface area contributed by atoms with Crippen molar-refractivity contribution >= 4 is 17.0 Å². The normalized spacial score (nSPS) is 11.9. The van der Waals surface area contributed by atoms with E-state index in [0.29, 0.717) is 11.1 Å². The smallest absolute Gasteiger partial charge is 0.337 e. The van der Waals surface area contributed by atoms with Crippen molar-refractivity contribution in [2.24, 2.45) is 0 Å². The van der Waals surface area contributed by atoms with Gasteiger partial charge in [0.15, 0.2) is 0 Å². The molecule has 1 atom stereocenters. The third kappa shape index (κ3) is 2.62. The van der Waals surface area contributed by atoms with Crippen LogP contribution in [0.3, 0.4) is 0 Å². The van der Waals surface area contributed by atoms with Crippen LogP contribution in [0.4, 0.5) is 0 Å². The number of methoxy groups -OCH3 is 1. The van der Waals surface area contributed by atoms with Gasteiger partial charge in [0.1, 0.15) is 0 Å². The molecule has 0 spiro atoms. The molecule has 2 N–H and O–H groups in total. The van der Waals surface area contributed by atoms with Crippen molar-refractivity contribution in [1.82, 2.24) is 9.97 Å². The summed E-state index contributed by atoms with van der Waals surface area (Å²) in [5.74, 6) is -0.536. The lowest BCUT2D eigenvalue weighted by Gasteiger charge is -2.16. The van der Waals surface area contributed by atoms with Gasteiger partial charge in [-0.15, -0.1) is 0 Å². The molecule has 2 aromatic carbocycles. The number of imidazole rings is 1. The van der Waals surface area contributed by atoms with Crippen LogP contribution >= 0.6 is 0 Å². The second kappa shape index (κ2) is 6.14. The van der Waals surface area contributed by atoms with Crippen molar-refractivity contribution < 1.29 is 14.6 Å². The Kier molecular flexibility index (Phi) is 4.02. The Bertz CT molecular complexity index is 967. The molecule has 1 heterocycles. The van der Waals surface area contributed by atoms with Crippen LogP contribution in [0.15, 0.2) is 36.7 Å². The van der Waals surface area contributed by atoms with Crippen LogP contribution in [0.25, 0.3) is 22.2 Å². The van der Waals surface area contributed by atoms with Gasteiger partial charge >= 0.3 is 5.97 Å². The molecule has 0 saturated heterocycles. The zero-order valence-electron chi connectivity index (χ0n) is 13.2. The van der Waals surface area contributed by atoms with E-state index in [2.05, 4.69) is 9.97 Å². The highest BCUT2D eigenvalue weighted by Crippen LogP contribution is 2.33. The molecule has 24 heavy (non-hydrogen) atoms. The number of nitriles is 1. The molecule has 0 amide bonds. The van der Waals surface area contributed by atoms with Crippen molar-refractivity contribution in [3.05, 3.63) is 53.3 Å². The molecule has 1 aromatic heterocycles. The van der Waals surface area contributed by atoms with Crippen molar-refractivity contribution in [3.63, 3.8) is 0 Å². The minimum Gasteiger partial charge on any atom is -0.465 e. The Labute approximate surface area is 138 Å². The van der Waals surface area contributed by atoms with Crippen LogP contribution in [-0.4, -0.2) is 28.2 Å². The maximum absolute atomic E-state index is 11.9. The van der Waals surface area contributed by atoms with E-state index in [1.54, 1.807) is 19.3 Å². The van der Waals surface area contributed by atoms with Gasteiger partial charge in [-0.1, -0.05) is 6.07 Å². The number of esters is 1. The number of carbonyl (C=O) groups is 1. The number of carbonyl (C=O) groups excluding carboxylic acids is 1. The number of fused-ring (bicyclic) bond motifs is 1. The molecule has 3 aromatic rings. The summed E-state index contributed by atoms with van der Waals surface area (Å²) in [5.41, 5.74) is 3.97. The fraction of sp³-hybridized carbons (Fsp3) is 0.167. The number of aliphatic hydroxyl groups excluding tert-OH is 1. The quantitative estimate of drug-likeness (QED) is 0.723. The highest BCUT2D eigenvalue weighted by atomic mass is 16.5. The fourth-order valence-corrected chi connectivity index (χ4v) is 2.77. The molecule has 0 fully saturated rings. The molecule has 6 nitrogen and oxygen atoms in total. The SMILES string of the molecule is COC(=O)c1cc(C#N)c(C(C)O)c(-c2ccc3[nH]cnc3c2)c1. The molecule has 6 heteroatoms. The summed E-state index contributed by atoms with van der Waals surface area (Å²) in [5, 5.41) is 19.6. The van der Waals surface area contributed by atoms with E-state index in [9.17, 15) is 15.2 Å². The van der Waals surface area contributed by atoms with Gasteiger partial charge in [0.2, 0.25) is 0 Å². The maximum atomic E-state index is 11.9. The number of aromatic nitrogens is 2. The number of benzene rings is 2. The first-order chi connectivity index (χ1) is 11.5. The Hall–Kier alpha value is -3.17. The number of hydrogen-bond donors (Lipinski definition) is 2. The highest BCUT2D eigenvalue weighted by molar-refractivity contribution is 5.93. The lowest BCUT2D eigenvalue weighted by atomic mass is 9.90. The summed E-state index contributed by atoms with van der Waals surface area (Å²) in [6.07, 6.45) is 0.728. The molecule has 0 aliphatic carbocycles. The monoisotopic (exact) mass is 321 g/mol. The molecule has 0 aliphatic heterocycles. The molecule has 0 saturated carbocycles. The van der Waals surface area contributed by atoms with Gasteiger partial charge in [-0.25, -0.2) is 9.78 Å². The lowest BCUT2D eigenvalue weighted by molar-refractivity contribution is 0.0600. The Balaban J connectivity index is 2.30. The van der Waals surface area contributed by atoms with Crippen LogP contribution < -0.4 is 0 Å². The minimum absolute atomic E-state index is 0.241. The van der Waals surface area contributed by atoms with Crippen LogP contribution in [0, 0.1) is 11.3 Å². The number of rotatable bonds is 3. The van der Waals surface area contributed by atoms with Crippen molar-refractivity contribution in [2.75, 3.05) is 7.11 Å². The molecule has 0 aliphatic rings. The average molecular weight is 321 g/mol. The highest BCUT2D eigenvalue weighted by Gasteiger charge is 2.19.